The molecular weight excluding hydrogens is 194 g/mol. The summed E-state index contributed by atoms with van der Waals surface area (Å²) in [6.45, 7) is 5.38. The van der Waals surface area contributed by atoms with Gasteiger partial charge in [-0.1, -0.05) is 37.6 Å². The standard InChI is InChI=1S/C10H19N3S/c1-3-5-6-7-9(11-4-2)10-8-12-13-14-10/h8-9,11H,3-7H2,1-2H3. The number of hydrogen-bond donors (Lipinski definition) is 1. The molecule has 1 heterocycles. The molecule has 0 bridgehead atoms. The van der Waals surface area contributed by atoms with Gasteiger partial charge in [-0.15, -0.1) is 5.10 Å². The van der Waals surface area contributed by atoms with Gasteiger partial charge in [0.15, 0.2) is 0 Å². The van der Waals surface area contributed by atoms with Gasteiger partial charge in [0.1, 0.15) is 0 Å². The Balaban J connectivity index is 2.39. The van der Waals surface area contributed by atoms with Crippen molar-refractivity contribution in [3.8, 4) is 0 Å². The molecule has 0 aliphatic carbocycles. The molecule has 3 nitrogen and oxygen atoms in total. The van der Waals surface area contributed by atoms with E-state index < -0.39 is 0 Å². The molecule has 0 fully saturated rings. The number of rotatable bonds is 7. The molecule has 0 aliphatic heterocycles. The van der Waals surface area contributed by atoms with Crippen LogP contribution in [-0.2, 0) is 0 Å². The monoisotopic (exact) mass is 213 g/mol. The molecule has 1 aromatic rings. The van der Waals surface area contributed by atoms with Crippen LogP contribution in [0.4, 0.5) is 0 Å². The molecule has 4 heteroatoms. The summed E-state index contributed by atoms with van der Waals surface area (Å²) in [7, 11) is 0. The molecule has 0 aromatic carbocycles. The van der Waals surface area contributed by atoms with Crippen molar-refractivity contribution in [1.82, 2.24) is 14.9 Å². The van der Waals surface area contributed by atoms with Crippen molar-refractivity contribution in [3.63, 3.8) is 0 Å². The average Bonchev–Trinajstić information content (AvgIpc) is 2.70. The first-order valence-corrected chi connectivity index (χ1v) is 6.16. The highest BCUT2D eigenvalue weighted by molar-refractivity contribution is 7.05. The molecular formula is C10H19N3S. The van der Waals surface area contributed by atoms with Crippen molar-refractivity contribution < 1.29 is 0 Å². The molecule has 1 unspecified atom stereocenters. The maximum absolute atomic E-state index is 3.91. The summed E-state index contributed by atoms with van der Waals surface area (Å²) in [6.07, 6.45) is 6.95. The molecule has 80 valence electrons. The van der Waals surface area contributed by atoms with E-state index in [-0.39, 0.29) is 0 Å². The average molecular weight is 213 g/mol. The molecule has 0 aliphatic rings. The van der Waals surface area contributed by atoms with Crippen LogP contribution < -0.4 is 5.32 Å². The number of nitrogens with zero attached hydrogens (tertiary/aromatic N) is 2. The van der Waals surface area contributed by atoms with Crippen LogP contribution in [-0.4, -0.2) is 16.1 Å². The Morgan fingerprint density at radius 2 is 2.29 bits per heavy atom. The van der Waals surface area contributed by atoms with Crippen LogP contribution in [0.15, 0.2) is 6.20 Å². The fourth-order valence-corrected chi connectivity index (χ4v) is 2.13. The van der Waals surface area contributed by atoms with E-state index in [1.54, 1.807) is 0 Å². The van der Waals surface area contributed by atoms with E-state index in [1.165, 1.54) is 42.1 Å². The van der Waals surface area contributed by atoms with E-state index in [4.69, 9.17) is 0 Å². The zero-order valence-electron chi connectivity index (χ0n) is 8.99. The number of hydrogen-bond acceptors (Lipinski definition) is 4. The van der Waals surface area contributed by atoms with E-state index in [9.17, 15) is 0 Å². The van der Waals surface area contributed by atoms with Gasteiger partial charge in [0, 0.05) is 6.04 Å². The Labute approximate surface area is 90.1 Å². The summed E-state index contributed by atoms with van der Waals surface area (Å²) >= 11 is 1.51. The van der Waals surface area contributed by atoms with Gasteiger partial charge in [0.05, 0.1) is 11.1 Å². The lowest BCUT2D eigenvalue weighted by Gasteiger charge is -2.14. The summed E-state index contributed by atoms with van der Waals surface area (Å²) in [6, 6.07) is 0.464. The zero-order chi connectivity index (χ0) is 10.2. The first-order chi connectivity index (χ1) is 6.88. The molecule has 0 spiro atoms. The molecule has 1 aromatic heterocycles. The van der Waals surface area contributed by atoms with Gasteiger partial charge in [-0.05, 0) is 24.5 Å². The van der Waals surface area contributed by atoms with Crippen LogP contribution in [0.2, 0.25) is 0 Å². The van der Waals surface area contributed by atoms with Crippen LogP contribution in [0.3, 0.4) is 0 Å². The lowest BCUT2D eigenvalue weighted by atomic mass is 10.1. The second kappa shape index (κ2) is 6.90. The smallest absolute Gasteiger partial charge is 0.0669 e. The minimum absolute atomic E-state index is 0.464. The van der Waals surface area contributed by atoms with E-state index in [0.717, 1.165) is 6.54 Å². The van der Waals surface area contributed by atoms with Gasteiger partial charge < -0.3 is 5.32 Å². The van der Waals surface area contributed by atoms with Gasteiger partial charge in [-0.2, -0.15) is 0 Å². The van der Waals surface area contributed by atoms with E-state index in [1.807, 2.05) is 6.20 Å². The summed E-state index contributed by atoms with van der Waals surface area (Å²) in [4.78, 5) is 1.27. The molecule has 14 heavy (non-hydrogen) atoms. The number of aromatic nitrogens is 2. The molecule has 1 atom stereocenters. The molecule has 1 N–H and O–H groups in total. The molecule has 0 saturated carbocycles. The lowest BCUT2D eigenvalue weighted by Crippen LogP contribution is -2.19. The van der Waals surface area contributed by atoms with Crippen LogP contribution in [0, 0.1) is 0 Å². The highest BCUT2D eigenvalue weighted by Crippen LogP contribution is 2.21. The van der Waals surface area contributed by atoms with Crippen molar-refractivity contribution in [3.05, 3.63) is 11.1 Å². The summed E-state index contributed by atoms with van der Waals surface area (Å²) in [5, 5.41) is 7.36. The maximum atomic E-state index is 3.91. The second-order valence-corrected chi connectivity index (χ2v) is 4.24. The third kappa shape index (κ3) is 3.72. The Bertz CT molecular complexity index is 223. The Hall–Kier alpha value is -0.480. The SMILES string of the molecule is CCCCCC(NCC)c1cnns1. The van der Waals surface area contributed by atoms with Gasteiger partial charge in [0.2, 0.25) is 0 Å². The van der Waals surface area contributed by atoms with Crippen molar-refractivity contribution in [1.29, 1.82) is 0 Å². The fourth-order valence-electron chi connectivity index (χ4n) is 1.52. The van der Waals surface area contributed by atoms with Crippen LogP contribution in [0.25, 0.3) is 0 Å². The largest absolute Gasteiger partial charge is 0.309 e. The van der Waals surface area contributed by atoms with Crippen LogP contribution in [0.1, 0.15) is 50.4 Å². The van der Waals surface area contributed by atoms with E-state index >= 15 is 0 Å². The predicted molar refractivity (Wildman–Crippen MR) is 60.5 cm³/mol. The lowest BCUT2D eigenvalue weighted by molar-refractivity contribution is 0.492. The van der Waals surface area contributed by atoms with Gasteiger partial charge >= 0.3 is 0 Å². The van der Waals surface area contributed by atoms with Crippen molar-refractivity contribution in [2.75, 3.05) is 6.54 Å². The minimum atomic E-state index is 0.464. The van der Waals surface area contributed by atoms with E-state index in [0.29, 0.717) is 6.04 Å². The van der Waals surface area contributed by atoms with Gasteiger partial charge in [0.25, 0.3) is 0 Å². The first kappa shape index (κ1) is 11.6. The van der Waals surface area contributed by atoms with Crippen molar-refractivity contribution >= 4 is 11.5 Å². The predicted octanol–water partition coefficient (Wildman–Crippen LogP) is 2.77. The van der Waals surface area contributed by atoms with Crippen LogP contribution in [0.5, 0.6) is 0 Å². The Kier molecular flexibility index (Phi) is 5.71. The zero-order valence-corrected chi connectivity index (χ0v) is 9.81. The normalized spacial score (nSPS) is 13.0. The van der Waals surface area contributed by atoms with E-state index in [2.05, 4.69) is 28.8 Å². The second-order valence-electron chi connectivity index (χ2n) is 3.43. The fraction of sp³-hybridized carbons (Fsp3) is 0.800. The number of nitrogens with one attached hydrogen (secondary N) is 1. The summed E-state index contributed by atoms with van der Waals surface area (Å²) < 4.78 is 3.91. The highest BCUT2D eigenvalue weighted by Gasteiger charge is 2.11. The minimum Gasteiger partial charge on any atom is -0.309 e. The Morgan fingerprint density at radius 1 is 1.43 bits per heavy atom. The van der Waals surface area contributed by atoms with Crippen molar-refractivity contribution in [2.45, 2.75) is 45.6 Å². The molecule has 0 saturated heterocycles. The highest BCUT2D eigenvalue weighted by atomic mass is 32.1. The third-order valence-corrected chi connectivity index (χ3v) is 3.05. The summed E-state index contributed by atoms with van der Waals surface area (Å²) in [5.74, 6) is 0. The van der Waals surface area contributed by atoms with Gasteiger partial charge in [-0.25, -0.2) is 0 Å². The third-order valence-electron chi connectivity index (χ3n) is 2.27. The number of unbranched alkanes of at least 4 members (excludes halogenated alkanes) is 2. The molecule has 1 rings (SSSR count). The van der Waals surface area contributed by atoms with Crippen molar-refractivity contribution in [2.24, 2.45) is 0 Å². The summed E-state index contributed by atoms with van der Waals surface area (Å²) in [5.41, 5.74) is 0. The topological polar surface area (TPSA) is 37.8 Å². The Morgan fingerprint density at radius 3 is 2.86 bits per heavy atom. The molecule has 0 amide bonds. The first-order valence-electron chi connectivity index (χ1n) is 5.39. The molecule has 0 radical (unpaired) electrons. The van der Waals surface area contributed by atoms with Crippen LogP contribution >= 0.6 is 11.5 Å². The quantitative estimate of drug-likeness (QED) is 0.708. The maximum Gasteiger partial charge on any atom is 0.0669 e. The van der Waals surface area contributed by atoms with Gasteiger partial charge in [-0.3, -0.25) is 0 Å².